The molecule has 4 rings (SSSR count). The van der Waals surface area contributed by atoms with E-state index in [1.165, 1.54) is 12.5 Å². The smallest absolute Gasteiger partial charge is 0.176 e. The van der Waals surface area contributed by atoms with Gasteiger partial charge in [-0.2, -0.15) is 0 Å². The van der Waals surface area contributed by atoms with Crippen molar-refractivity contribution in [3.63, 3.8) is 0 Å². The molecule has 1 aliphatic heterocycles. The van der Waals surface area contributed by atoms with Gasteiger partial charge in [0.05, 0.1) is 13.2 Å². The standard InChI is InChI=1S/C31H33F3O2/c1-3-5-6-7-8-9-23-14-17-27(31(34)30(23)33)22-12-10-21(11-13-22)26-16-15-24(18-28(26)32)25-19-35-29(4-2)36-20-25/h4,10-18,25,29H,2-3,5-9,19-20H2,1H3. The fraction of sp³-hybridized carbons (Fsp3) is 0.355. The lowest BCUT2D eigenvalue weighted by Crippen LogP contribution is -2.29. The highest BCUT2D eigenvalue weighted by Crippen LogP contribution is 2.32. The summed E-state index contributed by atoms with van der Waals surface area (Å²) in [6, 6.07) is 15.3. The molecule has 0 amide bonds. The summed E-state index contributed by atoms with van der Waals surface area (Å²) in [5.74, 6) is -2.01. The molecule has 0 aliphatic carbocycles. The van der Waals surface area contributed by atoms with E-state index >= 15 is 0 Å². The molecular formula is C31H33F3O2. The second-order valence-electron chi connectivity index (χ2n) is 9.35. The minimum absolute atomic E-state index is 0.0516. The predicted octanol–water partition coefficient (Wildman–Crippen LogP) is 8.59. The maximum absolute atomic E-state index is 15.0. The van der Waals surface area contributed by atoms with Gasteiger partial charge in [-0.15, -0.1) is 0 Å². The van der Waals surface area contributed by atoms with Crippen LogP contribution in [-0.4, -0.2) is 19.5 Å². The average molecular weight is 495 g/mol. The third kappa shape index (κ3) is 6.08. The highest BCUT2D eigenvalue weighted by molar-refractivity contribution is 5.71. The Balaban J connectivity index is 1.45. The average Bonchev–Trinajstić information content (AvgIpc) is 2.91. The molecular weight excluding hydrogens is 461 g/mol. The van der Waals surface area contributed by atoms with Crippen molar-refractivity contribution in [2.24, 2.45) is 0 Å². The molecule has 0 saturated carbocycles. The molecule has 0 aromatic heterocycles. The lowest BCUT2D eigenvalue weighted by Gasteiger charge is -2.28. The Kier molecular flexibility index (Phi) is 9.00. The monoisotopic (exact) mass is 494 g/mol. The van der Waals surface area contributed by atoms with Gasteiger partial charge in [0, 0.05) is 17.0 Å². The third-order valence-electron chi connectivity index (χ3n) is 6.80. The van der Waals surface area contributed by atoms with Crippen LogP contribution in [0.2, 0.25) is 0 Å². The van der Waals surface area contributed by atoms with Gasteiger partial charge < -0.3 is 9.47 Å². The summed E-state index contributed by atoms with van der Waals surface area (Å²) in [6.45, 7) is 6.67. The number of hydrogen-bond acceptors (Lipinski definition) is 2. The van der Waals surface area contributed by atoms with Gasteiger partial charge in [-0.25, -0.2) is 13.2 Å². The molecule has 1 fully saturated rings. The Labute approximate surface area is 211 Å². The number of unbranched alkanes of at least 4 members (excludes halogenated alkanes) is 4. The summed E-state index contributed by atoms with van der Waals surface area (Å²) in [5, 5.41) is 0. The number of aryl methyl sites for hydroxylation is 1. The second kappa shape index (κ2) is 12.4. The summed E-state index contributed by atoms with van der Waals surface area (Å²) in [7, 11) is 0. The number of benzene rings is 3. The lowest BCUT2D eigenvalue weighted by molar-refractivity contribution is -0.159. The van der Waals surface area contributed by atoms with Crippen molar-refractivity contribution >= 4 is 0 Å². The first kappa shape index (κ1) is 26.2. The van der Waals surface area contributed by atoms with Crippen molar-refractivity contribution in [2.45, 2.75) is 57.7 Å². The van der Waals surface area contributed by atoms with Gasteiger partial charge >= 0.3 is 0 Å². The van der Waals surface area contributed by atoms with E-state index in [4.69, 9.17) is 9.47 Å². The van der Waals surface area contributed by atoms with Crippen LogP contribution in [0.15, 0.2) is 67.3 Å². The zero-order chi connectivity index (χ0) is 25.5. The van der Waals surface area contributed by atoms with Gasteiger partial charge in [0.2, 0.25) is 0 Å². The van der Waals surface area contributed by atoms with Crippen LogP contribution in [0.4, 0.5) is 13.2 Å². The Morgan fingerprint density at radius 1 is 0.806 bits per heavy atom. The molecule has 0 spiro atoms. The molecule has 3 aromatic carbocycles. The number of halogens is 3. The quantitative estimate of drug-likeness (QED) is 0.208. The van der Waals surface area contributed by atoms with Gasteiger partial charge in [-0.05, 0) is 47.2 Å². The predicted molar refractivity (Wildman–Crippen MR) is 138 cm³/mol. The minimum Gasteiger partial charge on any atom is -0.348 e. The van der Waals surface area contributed by atoms with Gasteiger partial charge in [-0.1, -0.05) is 87.7 Å². The first-order chi connectivity index (χ1) is 17.5. The van der Waals surface area contributed by atoms with Crippen molar-refractivity contribution in [1.29, 1.82) is 0 Å². The van der Waals surface area contributed by atoms with Crippen LogP contribution in [0.5, 0.6) is 0 Å². The maximum atomic E-state index is 15.0. The van der Waals surface area contributed by atoms with E-state index in [1.54, 1.807) is 48.5 Å². The van der Waals surface area contributed by atoms with Crippen molar-refractivity contribution < 1.29 is 22.6 Å². The van der Waals surface area contributed by atoms with E-state index in [0.717, 1.165) is 31.2 Å². The SMILES string of the molecule is C=CC1OCC(c2ccc(-c3ccc(-c4ccc(CCCCCCC)c(F)c4F)cc3)c(F)c2)CO1. The fourth-order valence-electron chi connectivity index (χ4n) is 4.62. The van der Waals surface area contributed by atoms with Gasteiger partial charge in [0.1, 0.15) is 5.82 Å². The molecule has 0 atom stereocenters. The zero-order valence-corrected chi connectivity index (χ0v) is 20.7. The van der Waals surface area contributed by atoms with E-state index in [2.05, 4.69) is 13.5 Å². The summed E-state index contributed by atoms with van der Waals surface area (Å²) >= 11 is 0. The van der Waals surface area contributed by atoms with Gasteiger partial charge in [0.25, 0.3) is 0 Å². The molecule has 3 aromatic rings. The molecule has 0 bridgehead atoms. The topological polar surface area (TPSA) is 18.5 Å². The number of rotatable bonds is 10. The summed E-state index contributed by atoms with van der Waals surface area (Å²) in [5.41, 5.74) is 3.08. The second-order valence-corrected chi connectivity index (χ2v) is 9.35. The van der Waals surface area contributed by atoms with Crippen LogP contribution >= 0.6 is 0 Å². The van der Waals surface area contributed by atoms with Crippen LogP contribution in [0, 0.1) is 17.5 Å². The minimum atomic E-state index is -0.833. The first-order valence-corrected chi connectivity index (χ1v) is 12.7. The molecule has 1 heterocycles. The number of ether oxygens (including phenoxy) is 2. The first-order valence-electron chi connectivity index (χ1n) is 12.7. The summed E-state index contributed by atoms with van der Waals surface area (Å²) < 4.78 is 55.6. The molecule has 0 N–H and O–H groups in total. The third-order valence-corrected chi connectivity index (χ3v) is 6.80. The molecule has 0 unspecified atom stereocenters. The van der Waals surface area contributed by atoms with Crippen LogP contribution in [-0.2, 0) is 15.9 Å². The summed E-state index contributed by atoms with van der Waals surface area (Å²) in [6.07, 6.45) is 7.01. The largest absolute Gasteiger partial charge is 0.348 e. The molecule has 190 valence electrons. The zero-order valence-electron chi connectivity index (χ0n) is 20.7. The van der Waals surface area contributed by atoms with Gasteiger partial charge in [0.15, 0.2) is 17.9 Å². The fourth-order valence-corrected chi connectivity index (χ4v) is 4.62. The maximum Gasteiger partial charge on any atom is 0.176 e. The van der Waals surface area contributed by atoms with Crippen molar-refractivity contribution in [2.75, 3.05) is 13.2 Å². The van der Waals surface area contributed by atoms with E-state index in [-0.39, 0.29) is 17.3 Å². The van der Waals surface area contributed by atoms with E-state index in [0.29, 0.717) is 41.9 Å². The lowest BCUT2D eigenvalue weighted by atomic mass is 9.94. The van der Waals surface area contributed by atoms with E-state index in [9.17, 15) is 13.2 Å². The molecule has 1 aliphatic rings. The number of hydrogen-bond donors (Lipinski definition) is 0. The van der Waals surface area contributed by atoms with Crippen LogP contribution in [0.3, 0.4) is 0 Å². The highest BCUT2D eigenvalue weighted by atomic mass is 19.2. The molecule has 0 radical (unpaired) electrons. The Bertz CT molecular complexity index is 1170. The van der Waals surface area contributed by atoms with Gasteiger partial charge in [-0.3, -0.25) is 0 Å². The van der Waals surface area contributed by atoms with Crippen LogP contribution in [0.1, 0.15) is 56.1 Å². The van der Waals surface area contributed by atoms with Crippen LogP contribution < -0.4 is 0 Å². The van der Waals surface area contributed by atoms with Crippen molar-refractivity contribution in [1.82, 2.24) is 0 Å². The molecule has 1 saturated heterocycles. The molecule has 2 nitrogen and oxygen atoms in total. The van der Waals surface area contributed by atoms with Crippen molar-refractivity contribution in [3.8, 4) is 22.3 Å². The normalized spacial score (nSPS) is 17.8. The molecule has 36 heavy (non-hydrogen) atoms. The summed E-state index contributed by atoms with van der Waals surface area (Å²) in [4.78, 5) is 0. The molecule has 5 heteroatoms. The van der Waals surface area contributed by atoms with Crippen LogP contribution in [0.25, 0.3) is 22.3 Å². The van der Waals surface area contributed by atoms with Crippen molar-refractivity contribution in [3.05, 3.63) is 95.8 Å². The Morgan fingerprint density at radius 2 is 1.44 bits per heavy atom. The highest BCUT2D eigenvalue weighted by Gasteiger charge is 2.22. The Hall–Kier alpha value is -2.89. The van der Waals surface area contributed by atoms with E-state index < -0.39 is 17.9 Å². The van der Waals surface area contributed by atoms with E-state index in [1.807, 2.05) is 6.07 Å². The Morgan fingerprint density at radius 3 is 2.08 bits per heavy atom.